The zero-order valence-electron chi connectivity index (χ0n) is 10.6. The first-order valence-corrected chi connectivity index (χ1v) is 7.42. The summed E-state index contributed by atoms with van der Waals surface area (Å²) < 4.78 is 0. The third-order valence-corrected chi connectivity index (χ3v) is 4.85. The Bertz CT molecular complexity index is 493. The maximum absolute atomic E-state index is 12.5. The van der Waals surface area contributed by atoms with E-state index in [2.05, 4.69) is 17.4 Å². The van der Waals surface area contributed by atoms with Crippen molar-refractivity contribution in [1.82, 2.24) is 10.2 Å². The molecule has 1 saturated heterocycles. The van der Waals surface area contributed by atoms with Crippen molar-refractivity contribution in [3.05, 3.63) is 29.8 Å². The van der Waals surface area contributed by atoms with Gasteiger partial charge in [0.15, 0.2) is 0 Å². The molecule has 0 bridgehead atoms. The third-order valence-electron chi connectivity index (χ3n) is 3.55. The van der Waals surface area contributed by atoms with Crippen LogP contribution in [0.4, 0.5) is 0 Å². The van der Waals surface area contributed by atoms with E-state index in [4.69, 9.17) is 0 Å². The van der Waals surface area contributed by atoms with Gasteiger partial charge in [-0.3, -0.25) is 9.59 Å². The van der Waals surface area contributed by atoms with Crippen LogP contribution in [0.5, 0.6) is 0 Å². The summed E-state index contributed by atoms with van der Waals surface area (Å²) in [6.07, 6.45) is 1.22. The van der Waals surface area contributed by atoms with Crippen LogP contribution in [0.15, 0.2) is 29.2 Å². The molecule has 0 radical (unpaired) electrons. The number of carbonyl (C=O) groups is 2. The van der Waals surface area contributed by atoms with Gasteiger partial charge in [-0.25, -0.2) is 0 Å². The van der Waals surface area contributed by atoms with Crippen molar-refractivity contribution < 1.29 is 9.59 Å². The number of amides is 2. The van der Waals surface area contributed by atoms with Gasteiger partial charge in [-0.2, -0.15) is 0 Å². The SMILES string of the molecule is O=C1CCN(C(=O)C2Cc3ccccc3S2)CCN1. The molecule has 1 fully saturated rings. The Morgan fingerprint density at radius 3 is 3.00 bits per heavy atom. The lowest BCUT2D eigenvalue weighted by Gasteiger charge is -2.22. The van der Waals surface area contributed by atoms with Crippen molar-refractivity contribution >= 4 is 23.6 Å². The summed E-state index contributed by atoms with van der Waals surface area (Å²) in [6.45, 7) is 1.73. The maximum Gasteiger partial charge on any atom is 0.236 e. The van der Waals surface area contributed by atoms with Crippen LogP contribution in [0.2, 0.25) is 0 Å². The van der Waals surface area contributed by atoms with Crippen molar-refractivity contribution in [2.24, 2.45) is 0 Å². The van der Waals surface area contributed by atoms with E-state index in [1.54, 1.807) is 11.8 Å². The van der Waals surface area contributed by atoms with E-state index >= 15 is 0 Å². The monoisotopic (exact) mass is 276 g/mol. The Morgan fingerprint density at radius 1 is 1.32 bits per heavy atom. The minimum Gasteiger partial charge on any atom is -0.354 e. The molecule has 3 rings (SSSR count). The second kappa shape index (κ2) is 5.25. The van der Waals surface area contributed by atoms with Gasteiger partial charge >= 0.3 is 0 Å². The Hall–Kier alpha value is -1.49. The molecule has 4 nitrogen and oxygen atoms in total. The molecule has 1 aromatic rings. The molecule has 2 aliphatic heterocycles. The van der Waals surface area contributed by atoms with Crippen LogP contribution in [-0.2, 0) is 16.0 Å². The van der Waals surface area contributed by atoms with E-state index in [1.165, 1.54) is 10.5 Å². The Balaban J connectivity index is 1.67. The van der Waals surface area contributed by atoms with E-state index in [0.29, 0.717) is 26.1 Å². The van der Waals surface area contributed by atoms with E-state index in [-0.39, 0.29) is 17.1 Å². The van der Waals surface area contributed by atoms with Gasteiger partial charge in [0, 0.05) is 31.0 Å². The molecule has 0 spiro atoms. The number of carbonyl (C=O) groups excluding carboxylic acids is 2. The first kappa shape index (κ1) is 12.5. The van der Waals surface area contributed by atoms with Gasteiger partial charge in [-0.1, -0.05) is 18.2 Å². The molecule has 2 aliphatic rings. The molecule has 1 aromatic carbocycles. The van der Waals surface area contributed by atoms with E-state index in [1.807, 2.05) is 17.0 Å². The van der Waals surface area contributed by atoms with E-state index < -0.39 is 0 Å². The van der Waals surface area contributed by atoms with Gasteiger partial charge in [-0.15, -0.1) is 11.8 Å². The van der Waals surface area contributed by atoms with Crippen molar-refractivity contribution in [3.63, 3.8) is 0 Å². The largest absolute Gasteiger partial charge is 0.354 e. The highest BCUT2D eigenvalue weighted by atomic mass is 32.2. The Kier molecular flexibility index (Phi) is 3.46. The summed E-state index contributed by atoms with van der Waals surface area (Å²) in [6, 6.07) is 8.18. The Labute approximate surface area is 116 Å². The third kappa shape index (κ3) is 2.61. The van der Waals surface area contributed by atoms with E-state index in [0.717, 1.165) is 6.42 Å². The maximum atomic E-state index is 12.5. The quantitative estimate of drug-likeness (QED) is 0.834. The zero-order chi connectivity index (χ0) is 13.2. The number of fused-ring (bicyclic) bond motifs is 1. The number of hydrogen-bond donors (Lipinski definition) is 1. The summed E-state index contributed by atoms with van der Waals surface area (Å²) in [5.41, 5.74) is 1.26. The molecule has 2 amide bonds. The van der Waals surface area contributed by atoms with Gasteiger partial charge in [0.25, 0.3) is 0 Å². The lowest BCUT2D eigenvalue weighted by molar-refractivity contribution is -0.130. The van der Waals surface area contributed by atoms with Crippen LogP contribution in [0.3, 0.4) is 0 Å². The topological polar surface area (TPSA) is 49.4 Å². The molecule has 100 valence electrons. The molecular formula is C14H16N2O2S. The average Bonchev–Trinajstić information content (AvgIpc) is 2.74. The van der Waals surface area contributed by atoms with Crippen molar-refractivity contribution in [3.8, 4) is 0 Å². The first-order valence-electron chi connectivity index (χ1n) is 6.54. The second-order valence-electron chi connectivity index (χ2n) is 4.84. The van der Waals surface area contributed by atoms with Crippen molar-refractivity contribution in [2.45, 2.75) is 23.0 Å². The normalized spacial score (nSPS) is 22.6. The molecule has 0 aliphatic carbocycles. The van der Waals surface area contributed by atoms with Crippen LogP contribution in [0.1, 0.15) is 12.0 Å². The fraction of sp³-hybridized carbons (Fsp3) is 0.429. The predicted molar refractivity (Wildman–Crippen MR) is 74.0 cm³/mol. The number of nitrogens with zero attached hydrogens (tertiary/aromatic N) is 1. The summed E-state index contributed by atoms with van der Waals surface area (Å²) in [5, 5.41) is 2.77. The number of nitrogens with one attached hydrogen (secondary N) is 1. The van der Waals surface area contributed by atoms with Crippen molar-refractivity contribution in [2.75, 3.05) is 19.6 Å². The van der Waals surface area contributed by atoms with Gasteiger partial charge in [0.1, 0.15) is 0 Å². The number of thioether (sulfide) groups is 1. The molecule has 0 saturated carbocycles. The van der Waals surface area contributed by atoms with Crippen LogP contribution >= 0.6 is 11.8 Å². The summed E-state index contributed by atoms with van der Waals surface area (Å²) >= 11 is 1.65. The number of hydrogen-bond acceptors (Lipinski definition) is 3. The lowest BCUT2D eigenvalue weighted by atomic mass is 10.1. The molecule has 1 atom stereocenters. The van der Waals surface area contributed by atoms with Gasteiger partial charge in [0.2, 0.25) is 11.8 Å². The zero-order valence-corrected chi connectivity index (χ0v) is 11.4. The van der Waals surface area contributed by atoms with Gasteiger partial charge < -0.3 is 10.2 Å². The molecule has 19 heavy (non-hydrogen) atoms. The first-order chi connectivity index (χ1) is 9.24. The molecule has 2 heterocycles. The number of benzene rings is 1. The predicted octanol–water partition coefficient (Wildman–Crippen LogP) is 1.05. The minimum absolute atomic E-state index is 0.0226. The van der Waals surface area contributed by atoms with Gasteiger partial charge in [-0.05, 0) is 18.1 Å². The van der Waals surface area contributed by atoms with Crippen LogP contribution < -0.4 is 5.32 Å². The summed E-state index contributed by atoms with van der Waals surface area (Å²) in [4.78, 5) is 26.8. The minimum atomic E-state index is -0.0226. The molecular weight excluding hydrogens is 260 g/mol. The molecule has 1 N–H and O–H groups in total. The molecule has 1 unspecified atom stereocenters. The fourth-order valence-corrected chi connectivity index (χ4v) is 3.79. The second-order valence-corrected chi connectivity index (χ2v) is 6.09. The fourth-order valence-electron chi connectivity index (χ4n) is 2.51. The van der Waals surface area contributed by atoms with Crippen LogP contribution in [0.25, 0.3) is 0 Å². The summed E-state index contributed by atoms with van der Waals surface area (Å²) in [7, 11) is 0. The summed E-state index contributed by atoms with van der Waals surface area (Å²) in [5.74, 6) is 0.204. The van der Waals surface area contributed by atoms with Crippen molar-refractivity contribution in [1.29, 1.82) is 0 Å². The molecule has 0 aromatic heterocycles. The highest BCUT2D eigenvalue weighted by Gasteiger charge is 2.31. The highest BCUT2D eigenvalue weighted by Crippen LogP contribution is 2.37. The number of rotatable bonds is 1. The highest BCUT2D eigenvalue weighted by molar-refractivity contribution is 8.01. The molecule has 5 heteroatoms. The smallest absolute Gasteiger partial charge is 0.236 e. The van der Waals surface area contributed by atoms with Crippen LogP contribution in [-0.4, -0.2) is 41.6 Å². The standard InChI is InChI=1S/C14H16N2O2S/c17-13-5-7-16(8-6-15-13)14(18)12-9-10-3-1-2-4-11(10)19-12/h1-4,12H,5-9H2,(H,15,17). The van der Waals surface area contributed by atoms with Crippen LogP contribution in [0, 0.1) is 0 Å². The average molecular weight is 276 g/mol. The lowest BCUT2D eigenvalue weighted by Crippen LogP contribution is -2.39. The van der Waals surface area contributed by atoms with Gasteiger partial charge in [0.05, 0.1) is 5.25 Å². The Morgan fingerprint density at radius 2 is 2.16 bits per heavy atom. The van der Waals surface area contributed by atoms with E-state index in [9.17, 15) is 9.59 Å².